The number of benzene rings is 3. The van der Waals surface area contributed by atoms with Gasteiger partial charge in [0.25, 0.3) is 0 Å². The van der Waals surface area contributed by atoms with Gasteiger partial charge in [0.15, 0.2) is 0 Å². The van der Waals surface area contributed by atoms with E-state index in [1.807, 2.05) is 47.4 Å². The van der Waals surface area contributed by atoms with E-state index in [4.69, 9.17) is 9.97 Å². The quantitative estimate of drug-likeness (QED) is 0.321. The molecule has 1 atom stereocenters. The van der Waals surface area contributed by atoms with Gasteiger partial charge in [-0.1, -0.05) is 48.5 Å². The zero-order valence-corrected chi connectivity index (χ0v) is 23.0. The summed E-state index contributed by atoms with van der Waals surface area (Å²) in [6.07, 6.45) is 1.44. The van der Waals surface area contributed by atoms with E-state index >= 15 is 0 Å². The number of nitrogens with zero attached hydrogens (tertiary/aromatic N) is 8. The molecule has 40 heavy (non-hydrogen) atoms. The number of piperazine rings is 1. The molecule has 204 valence electrons. The Morgan fingerprint density at radius 3 is 2.40 bits per heavy atom. The molecule has 5 aromatic rings. The lowest BCUT2D eigenvalue weighted by atomic mass is 10.1. The minimum atomic E-state index is -3.73. The Hall–Kier alpha value is -4.42. The fraction of sp³-hybridized carbons (Fsp3) is 0.250. The van der Waals surface area contributed by atoms with Gasteiger partial charge >= 0.3 is 0 Å². The number of anilines is 2. The van der Waals surface area contributed by atoms with Crippen LogP contribution < -0.4 is 10.2 Å². The molecule has 1 saturated heterocycles. The molecule has 1 unspecified atom stereocenters. The first-order chi connectivity index (χ1) is 19.4. The monoisotopic (exact) mass is 555 g/mol. The molecular formula is C28H29N9O2S. The Bertz CT molecular complexity index is 1740. The van der Waals surface area contributed by atoms with Crippen LogP contribution in [-0.4, -0.2) is 69.1 Å². The van der Waals surface area contributed by atoms with E-state index in [1.54, 1.807) is 25.1 Å². The van der Waals surface area contributed by atoms with Crippen LogP contribution in [0.1, 0.15) is 24.1 Å². The molecule has 6 rings (SSSR count). The first-order valence-corrected chi connectivity index (χ1v) is 14.5. The molecule has 0 bridgehead atoms. The summed E-state index contributed by atoms with van der Waals surface area (Å²) in [7, 11) is -3.73. The fourth-order valence-corrected chi connectivity index (χ4v) is 6.57. The second kappa shape index (κ2) is 10.6. The molecule has 3 aromatic carbocycles. The van der Waals surface area contributed by atoms with Gasteiger partial charge in [0.1, 0.15) is 12.1 Å². The van der Waals surface area contributed by atoms with Crippen LogP contribution in [0, 0.1) is 6.92 Å². The summed E-state index contributed by atoms with van der Waals surface area (Å²) in [4.78, 5) is 12.0. The summed E-state index contributed by atoms with van der Waals surface area (Å²) in [5.74, 6) is 1.33. The van der Waals surface area contributed by atoms with Gasteiger partial charge in [-0.3, -0.25) is 0 Å². The molecule has 0 saturated carbocycles. The van der Waals surface area contributed by atoms with Gasteiger partial charge in [0.05, 0.1) is 16.1 Å². The molecule has 0 radical (unpaired) electrons. The summed E-state index contributed by atoms with van der Waals surface area (Å²) in [6, 6.07) is 23.4. The number of nitrogens with one attached hydrogen (secondary N) is 1. The fourth-order valence-electron chi connectivity index (χ4n) is 4.90. The van der Waals surface area contributed by atoms with Crippen LogP contribution in [0.2, 0.25) is 0 Å². The summed E-state index contributed by atoms with van der Waals surface area (Å²) < 4.78 is 30.3. The number of aromatic nitrogens is 6. The number of aryl methyl sites for hydroxylation is 1. The number of hydrogen-bond donors (Lipinski definition) is 1. The first kappa shape index (κ1) is 25.8. The van der Waals surface area contributed by atoms with Crippen LogP contribution in [0.5, 0.6) is 0 Å². The van der Waals surface area contributed by atoms with E-state index in [2.05, 4.69) is 39.9 Å². The van der Waals surface area contributed by atoms with Crippen molar-refractivity contribution in [1.29, 1.82) is 0 Å². The molecule has 0 aliphatic carbocycles. The first-order valence-electron chi connectivity index (χ1n) is 13.1. The van der Waals surface area contributed by atoms with Crippen molar-refractivity contribution in [2.45, 2.75) is 24.8 Å². The summed E-state index contributed by atoms with van der Waals surface area (Å²) in [6.45, 7) is 5.47. The summed E-state index contributed by atoms with van der Waals surface area (Å²) in [5, 5.41) is 15.7. The molecule has 1 aliphatic heterocycles. The average Bonchev–Trinajstić information content (AvgIpc) is 3.53. The molecule has 11 nitrogen and oxygen atoms in total. The molecule has 1 aliphatic rings. The smallest absolute Gasteiger partial charge is 0.243 e. The number of hydrogen-bond acceptors (Lipinski definition) is 9. The van der Waals surface area contributed by atoms with Gasteiger partial charge in [-0.15, -0.1) is 5.10 Å². The Morgan fingerprint density at radius 2 is 1.65 bits per heavy atom. The predicted molar refractivity (Wildman–Crippen MR) is 153 cm³/mol. The maximum atomic E-state index is 13.7. The SMILES string of the molecule is Cc1ccc(-n2cnnn2)cc1S(=O)(=O)N1CCN(c2nc(NC(C)c3ccccc3)c3ccccc3n2)CC1. The number of fused-ring (bicyclic) bond motifs is 1. The van der Waals surface area contributed by atoms with Crippen molar-refractivity contribution in [2.24, 2.45) is 0 Å². The maximum absolute atomic E-state index is 13.7. The molecule has 12 heteroatoms. The Kier molecular flexibility index (Phi) is 6.86. The van der Waals surface area contributed by atoms with E-state index < -0.39 is 10.0 Å². The van der Waals surface area contributed by atoms with Crippen molar-refractivity contribution in [3.8, 4) is 5.69 Å². The zero-order chi connectivity index (χ0) is 27.7. The third kappa shape index (κ3) is 4.98. The third-order valence-corrected chi connectivity index (χ3v) is 9.21. The number of tetrazole rings is 1. The highest BCUT2D eigenvalue weighted by Gasteiger charge is 2.31. The largest absolute Gasteiger partial charge is 0.363 e. The van der Waals surface area contributed by atoms with Gasteiger partial charge in [0.2, 0.25) is 16.0 Å². The maximum Gasteiger partial charge on any atom is 0.243 e. The molecular weight excluding hydrogens is 526 g/mol. The zero-order valence-electron chi connectivity index (χ0n) is 22.2. The lowest BCUT2D eigenvalue weighted by molar-refractivity contribution is 0.382. The van der Waals surface area contributed by atoms with Gasteiger partial charge in [-0.05, 0) is 59.7 Å². The topological polar surface area (TPSA) is 122 Å². The lowest BCUT2D eigenvalue weighted by Crippen LogP contribution is -2.49. The molecule has 3 heterocycles. The van der Waals surface area contributed by atoms with Crippen molar-refractivity contribution < 1.29 is 8.42 Å². The minimum Gasteiger partial charge on any atom is -0.363 e. The predicted octanol–water partition coefficient (Wildman–Crippen LogP) is 3.60. The molecule has 0 spiro atoms. The molecule has 0 amide bonds. The highest BCUT2D eigenvalue weighted by Crippen LogP contribution is 2.29. The summed E-state index contributed by atoms with van der Waals surface area (Å²) in [5.41, 5.74) is 3.24. The van der Waals surface area contributed by atoms with Crippen molar-refractivity contribution >= 4 is 32.7 Å². The Morgan fingerprint density at radius 1 is 0.900 bits per heavy atom. The van der Waals surface area contributed by atoms with Gasteiger partial charge in [-0.25, -0.2) is 18.1 Å². The van der Waals surface area contributed by atoms with E-state index in [0.717, 1.165) is 22.3 Å². The standard InChI is InChI=1S/C28H29N9O2S/c1-20-12-13-23(37-19-29-33-34-37)18-26(20)40(38,39)36-16-14-35(15-17-36)28-31-25-11-7-6-10-24(25)27(32-28)30-21(2)22-8-4-3-5-9-22/h3-13,18-19,21H,14-17H2,1-2H3,(H,30,31,32). The molecule has 1 N–H and O–H groups in total. The van der Waals surface area contributed by atoms with Crippen molar-refractivity contribution in [2.75, 3.05) is 36.4 Å². The number of sulfonamides is 1. The van der Waals surface area contributed by atoms with Crippen LogP contribution in [0.3, 0.4) is 0 Å². The van der Waals surface area contributed by atoms with Crippen LogP contribution >= 0.6 is 0 Å². The van der Waals surface area contributed by atoms with E-state index in [-0.39, 0.29) is 10.9 Å². The Balaban J connectivity index is 1.23. The van der Waals surface area contributed by atoms with Crippen LogP contribution in [0.25, 0.3) is 16.6 Å². The van der Waals surface area contributed by atoms with Crippen molar-refractivity contribution in [1.82, 2.24) is 34.5 Å². The highest BCUT2D eigenvalue weighted by molar-refractivity contribution is 7.89. The van der Waals surface area contributed by atoms with Gasteiger partial charge in [0, 0.05) is 37.6 Å². The summed E-state index contributed by atoms with van der Waals surface area (Å²) >= 11 is 0. The number of para-hydroxylation sites is 1. The van der Waals surface area contributed by atoms with Gasteiger partial charge < -0.3 is 10.2 Å². The van der Waals surface area contributed by atoms with E-state index in [9.17, 15) is 8.42 Å². The van der Waals surface area contributed by atoms with Crippen LogP contribution in [0.15, 0.2) is 84.0 Å². The Labute approximate surface area is 232 Å². The van der Waals surface area contributed by atoms with Gasteiger partial charge in [-0.2, -0.15) is 9.29 Å². The van der Waals surface area contributed by atoms with Crippen molar-refractivity contribution in [3.05, 3.63) is 90.3 Å². The lowest BCUT2D eigenvalue weighted by Gasteiger charge is -2.34. The van der Waals surface area contributed by atoms with Crippen LogP contribution in [-0.2, 0) is 10.0 Å². The van der Waals surface area contributed by atoms with E-state index in [1.165, 1.54) is 15.3 Å². The molecule has 2 aromatic heterocycles. The molecule has 1 fully saturated rings. The second-order valence-corrected chi connectivity index (χ2v) is 11.7. The van der Waals surface area contributed by atoms with Crippen molar-refractivity contribution in [3.63, 3.8) is 0 Å². The second-order valence-electron chi connectivity index (χ2n) is 9.76. The third-order valence-electron chi connectivity index (χ3n) is 7.17. The normalized spacial score (nSPS) is 15.3. The van der Waals surface area contributed by atoms with E-state index in [0.29, 0.717) is 43.4 Å². The number of rotatable bonds is 7. The minimum absolute atomic E-state index is 0.0432. The van der Waals surface area contributed by atoms with Crippen LogP contribution in [0.4, 0.5) is 11.8 Å². The highest BCUT2D eigenvalue weighted by atomic mass is 32.2. The average molecular weight is 556 g/mol.